The van der Waals surface area contributed by atoms with E-state index in [4.69, 9.17) is 9.78 Å². The molecule has 3 fully saturated rings. The van der Waals surface area contributed by atoms with Crippen LogP contribution in [0.4, 0.5) is 0 Å². The zero-order chi connectivity index (χ0) is 12.9. The van der Waals surface area contributed by atoms with Gasteiger partial charge in [-0.15, -0.1) is 0 Å². The van der Waals surface area contributed by atoms with Crippen molar-refractivity contribution >= 4 is 0 Å². The summed E-state index contributed by atoms with van der Waals surface area (Å²) in [5.74, 6) is -1.20. The molecule has 2 saturated carbocycles. The first kappa shape index (κ1) is 12.9. The Morgan fingerprint density at radius 3 is 2.11 bits per heavy atom. The van der Waals surface area contributed by atoms with Crippen LogP contribution >= 0.6 is 0 Å². The summed E-state index contributed by atoms with van der Waals surface area (Å²) < 4.78 is 0. The molecule has 2 atom stereocenters. The van der Waals surface area contributed by atoms with Crippen molar-refractivity contribution in [3.63, 3.8) is 0 Å². The fourth-order valence-corrected chi connectivity index (χ4v) is 4.08. The quantitative estimate of drug-likeness (QED) is 0.707. The van der Waals surface area contributed by atoms with E-state index in [1.54, 1.807) is 6.92 Å². The second kappa shape index (κ2) is 4.17. The van der Waals surface area contributed by atoms with Gasteiger partial charge in [-0.25, -0.2) is 9.78 Å². The van der Waals surface area contributed by atoms with Gasteiger partial charge < -0.3 is 10.2 Å². The molecule has 0 radical (unpaired) electrons. The molecule has 2 N–H and O–H groups in total. The average Bonchev–Trinajstić information content (AvgIpc) is 2.97. The molecule has 1 heterocycles. The maximum absolute atomic E-state index is 10.8. The first-order valence-corrected chi connectivity index (χ1v) is 7.29. The van der Waals surface area contributed by atoms with Gasteiger partial charge in [0.05, 0.1) is 5.60 Å². The Bertz CT molecular complexity index is 313. The van der Waals surface area contributed by atoms with Gasteiger partial charge in [-0.05, 0) is 32.6 Å². The van der Waals surface area contributed by atoms with Crippen LogP contribution in [0.1, 0.15) is 64.7 Å². The highest BCUT2D eigenvalue weighted by Gasteiger charge is 2.61. The van der Waals surface area contributed by atoms with Crippen molar-refractivity contribution in [2.24, 2.45) is 5.92 Å². The minimum absolute atomic E-state index is 0.0997. The molecular formula is C14H24O4. The highest BCUT2D eigenvalue weighted by molar-refractivity contribution is 5.05. The van der Waals surface area contributed by atoms with Crippen LogP contribution in [-0.2, 0) is 9.78 Å². The summed E-state index contributed by atoms with van der Waals surface area (Å²) in [7, 11) is 0. The lowest BCUT2D eigenvalue weighted by atomic mass is 9.74. The average molecular weight is 256 g/mol. The van der Waals surface area contributed by atoms with Crippen LogP contribution in [0.15, 0.2) is 0 Å². The van der Waals surface area contributed by atoms with Crippen LogP contribution < -0.4 is 0 Å². The lowest BCUT2D eigenvalue weighted by Gasteiger charge is -2.51. The van der Waals surface area contributed by atoms with E-state index in [2.05, 4.69) is 0 Å². The molecule has 4 heteroatoms. The Morgan fingerprint density at radius 1 is 0.944 bits per heavy atom. The first-order valence-electron chi connectivity index (χ1n) is 7.29. The van der Waals surface area contributed by atoms with Gasteiger partial charge in [0.1, 0.15) is 5.60 Å². The number of hydrogen-bond acceptors (Lipinski definition) is 4. The van der Waals surface area contributed by atoms with Crippen LogP contribution in [0, 0.1) is 5.92 Å². The maximum Gasteiger partial charge on any atom is 0.204 e. The molecule has 1 spiro atoms. The van der Waals surface area contributed by atoms with Crippen molar-refractivity contribution in [1.82, 2.24) is 0 Å². The second-order valence-electron chi connectivity index (χ2n) is 6.64. The third kappa shape index (κ3) is 1.82. The molecule has 2 aliphatic carbocycles. The summed E-state index contributed by atoms with van der Waals surface area (Å²) >= 11 is 0. The lowest BCUT2D eigenvalue weighted by molar-refractivity contribution is -0.523. The van der Waals surface area contributed by atoms with E-state index >= 15 is 0 Å². The minimum atomic E-state index is -1.30. The van der Waals surface area contributed by atoms with Gasteiger partial charge in [0.15, 0.2) is 0 Å². The fourth-order valence-electron chi connectivity index (χ4n) is 4.08. The molecule has 1 aliphatic heterocycles. The molecule has 0 amide bonds. The van der Waals surface area contributed by atoms with Gasteiger partial charge in [-0.1, -0.05) is 25.7 Å². The summed E-state index contributed by atoms with van der Waals surface area (Å²) in [5, 5.41) is 21.4. The topological polar surface area (TPSA) is 58.9 Å². The molecule has 0 aromatic carbocycles. The van der Waals surface area contributed by atoms with Crippen molar-refractivity contribution < 1.29 is 20.0 Å². The van der Waals surface area contributed by atoms with Crippen molar-refractivity contribution in [2.45, 2.75) is 81.7 Å². The fraction of sp³-hybridized carbons (Fsp3) is 1.00. The summed E-state index contributed by atoms with van der Waals surface area (Å²) in [5.41, 5.74) is -1.60. The van der Waals surface area contributed by atoms with Crippen molar-refractivity contribution in [2.75, 3.05) is 0 Å². The molecule has 4 nitrogen and oxygen atoms in total. The standard InChI is InChI=1S/C14H24O4/c1-12(15)10-14(16,11-6-2-3-7-11)18-17-13(12)8-4-5-9-13/h11,15-16H,2-10H2,1H3/t12-,14+/m1/s1. The van der Waals surface area contributed by atoms with Crippen molar-refractivity contribution in [3.8, 4) is 0 Å². The molecule has 0 unspecified atom stereocenters. The zero-order valence-corrected chi connectivity index (χ0v) is 11.2. The zero-order valence-electron chi connectivity index (χ0n) is 11.2. The molecule has 0 bridgehead atoms. The molecule has 3 aliphatic rings. The van der Waals surface area contributed by atoms with Gasteiger partial charge in [-0.3, -0.25) is 0 Å². The largest absolute Gasteiger partial charge is 0.387 e. The summed E-state index contributed by atoms with van der Waals surface area (Å²) in [6.45, 7) is 1.79. The van der Waals surface area contributed by atoms with Crippen LogP contribution in [0.3, 0.4) is 0 Å². The molecule has 3 rings (SSSR count). The predicted molar refractivity (Wildman–Crippen MR) is 65.5 cm³/mol. The predicted octanol–water partition coefficient (Wildman–Crippen LogP) is 2.28. The van der Waals surface area contributed by atoms with Crippen molar-refractivity contribution in [3.05, 3.63) is 0 Å². The molecule has 18 heavy (non-hydrogen) atoms. The maximum atomic E-state index is 10.8. The van der Waals surface area contributed by atoms with E-state index in [1.807, 2.05) is 0 Å². The van der Waals surface area contributed by atoms with Gasteiger partial charge in [0.2, 0.25) is 5.79 Å². The molecular weight excluding hydrogens is 232 g/mol. The van der Waals surface area contributed by atoms with Crippen LogP contribution in [0.25, 0.3) is 0 Å². The normalized spacial score (nSPS) is 44.8. The van der Waals surface area contributed by atoms with Crippen LogP contribution in [0.5, 0.6) is 0 Å². The Hall–Kier alpha value is -0.160. The number of hydrogen-bond donors (Lipinski definition) is 2. The summed E-state index contributed by atoms with van der Waals surface area (Å²) in [6.07, 6.45) is 8.20. The van der Waals surface area contributed by atoms with Gasteiger partial charge >= 0.3 is 0 Å². The van der Waals surface area contributed by atoms with Crippen LogP contribution in [-0.4, -0.2) is 27.2 Å². The Labute approximate surface area is 108 Å². The smallest absolute Gasteiger partial charge is 0.204 e. The van der Waals surface area contributed by atoms with E-state index in [0.717, 1.165) is 51.4 Å². The number of aliphatic hydroxyl groups is 2. The molecule has 1 saturated heterocycles. The number of rotatable bonds is 1. The monoisotopic (exact) mass is 256 g/mol. The SMILES string of the molecule is C[C@@]1(O)C[C@@](O)(C2CCCC2)OOC12CCCC2. The highest BCUT2D eigenvalue weighted by atomic mass is 17.2. The Kier molecular flexibility index (Phi) is 2.98. The summed E-state index contributed by atoms with van der Waals surface area (Å²) in [4.78, 5) is 11.0. The van der Waals surface area contributed by atoms with E-state index in [0.29, 0.717) is 0 Å². The van der Waals surface area contributed by atoms with E-state index in [1.165, 1.54) is 0 Å². The Balaban J connectivity index is 1.79. The van der Waals surface area contributed by atoms with Gasteiger partial charge in [0.25, 0.3) is 0 Å². The van der Waals surface area contributed by atoms with Gasteiger partial charge in [-0.2, -0.15) is 0 Å². The molecule has 0 aromatic rings. The second-order valence-corrected chi connectivity index (χ2v) is 6.64. The third-order valence-electron chi connectivity index (χ3n) is 5.33. The van der Waals surface area contributed by atoms with Crippen molar-refractivity contribution in [1.29, 1.82) is 0 Å². The third-order valence-corrected chi connectivity index (χ3v) is 5.33. The van der Waals surface area contributed by atoms with Crippen LogP contribution in [0.2, 0.25) is 0 Å². The van der Waals surface area contributed by atoms with E-state index in [-0.39, 0.29) is 12.3 Å². The van der Waals surface area contributed by atoms with E-state index in [9.17, 15) is 10.2 Å². The van der Waals surface area contributed by atoms with Gasteiger partial charge in [0, 0.05) is 12.3 Å². The van der Waals surface area contributed by atoms with E-state index < -0.39 is 17.0 Å². The highest BCUT2D eigenvalue weighted by Crippen LogP contribution is 2.52. The molecule has 0 aromatic heterocycles. The first-order chi connectivity index (χ1) is 8.48. The minimum Gasteiger partial charge on any atom is -0.387 e. The molecule has 104 valence electrons. The summed E-state index contributed by atoms with van der Waals surface area (Å²) in [6, 6.07) is 0. The lowest BCUT2D eigenvalue weighted by Crippen LogP contribution is -2.63. The Morgan fingerprint density at radius 2 is 1.56 bits per heavy atom.